The van der Waals surface area contributed by atoms with Gasteiger partial charge in [-0.3, -0.25) is 9.89 Å². The molecule has 8 nitrogen and oxygen atoms in total. The van der Waals surface area contributed by atoms with Crippen LogP contribution < -0.4 is 10.2 Å². The number of alkyl halides is 2. The Morgan fingerprint density at radius 3 is 2.63 bits per heavy atom. The van der Waals surface area contributed by atoms with Crippen molar-refractivity contribution in [3.63, 3.8) is 0 Å². The number of halogens is 2. The number of H-pyrrole nitrogens is 1. The Morgan fingerprint density at radius 2 is 1.83 bits per heavy atom. The number of nitrogens with one attached hydrogen (secondary N) is 2. The Kier molecular flexibility index (Phi) is 5.84. The largest absolute Gasteiger partial charge is 0.341 e. The van der Waals surface area contributed by atoms with Gasteiger partial charge in [-0.15, -0.1) is 0 Å². The number of carbonyl (C=O) groups is 1. The van der Waals surface area contributed by atoms with Crippen molar-refractivity contribution in [2.45, 2.75) is 88.5 Å². The summed E-state index contributed by atoms with van der Waals surface area (Å²) < 4.78 is 29.8. The number of likely N-dealkylation sites (tertiary alicyclic amines) is 1. The zero-order chi connectivity index (χ0) is 24.0. The van der Waals surface area contributed by atoms with Crippen molar-refractivity contribution in [3.8, 4) is 0 Å². The molecule has 2 N–H and O–H groups in total. The predicted molar refractivity (Wildman–Crippen MR) is 128 cm³/mol. The minimum Gasteiger partial charge on any atom is -0.341 e. The molecular weight excluding hydrogens is 452 g/mol. The lowest BCUT2D eigenvalue weighted by molar-refractivity contribution is -0.133. The van der Waals surface area contributed by atoms with Crippen molar-refractivity contribution in [1.82, 2.24) is 25.1 Å². The van der Waals surface area contributed by atoms with Crippen LogP contribution >= 0.6 is 0 Å². The molecule has 0 aromatic carbocycles. The van der Waals surface area contributed by atoms with Crippen LogP contribution in [0.15, 0.2) is 6.07 Å². The molecule has 1 saturated carbocycles. The first-order valence-corrected chi connectivity index (χ1v) is 13.2. The molecule has 3 fully saturated rings. The zero-order valence-corrected chi connectivity index (χ0v) is 20.0. The molecule has 35 heavy (non-hydrogen) atoms. The number of aromatic nitrogens is 4. The van der Waals surface area contributed by atoms with Crippen LogP contribution in [0.5, 0.6) is 0 Å². The van der Waals surface area contributed by atoms with Crippen molar-refractivity contribution in [1.29, 1.82) is 0 Å². The van der Waals surface area contributed by atoms with Crippen molar-refractivity contribution >= 4 is 23.5 Å². The molecule has 0 bridgehead atoms. The second-order valence-corrected chi connectivity index (χ2v) is 10.5. The minimum atomic E-state index is -2.99. The number of aromatic amines is 1. The maximum absolute atomic E-state index is 14.9. The number of aryl methyl sites for hydroxylation is 1. The molecular formula is C25H33F2N7O. The van der Waals surface area contributed by atoms with Gasteiger partial charge in [-0.1, -0.05) is 12.8 Å². The molecule has 2 aliphatic carbocycles. The first kappa shape index (κ1) is 22.7. The average Bonchev–Trinajstić information content (AvgIpc) is 3.66. The van der Waals surface area contributed by atoms with E-state index in [9.17, 15) is 13.6 Å². The van der Waals surface area contributed by atoms with E-state index in [0.29, 0.717) is 29.9 Å². The van der Waals surface area contributed by atoms with Crippen molar-refractivity contribution in [2.24, 2.45) is 0 Å². The van der Waals surface area contributed by atoms with E-state index in [1.54, 1.807) is 0 Å². The highest BCUT2D eigenvalue weighted by atomic mass is 19.3. The molecule has 4 aliphatic rings. The summed E-state index contributed by atoms with van der Waals surface area (Å²) in [4.78, 5) is 26.4. The summed E-state index contributed by atoms with van der Waals surface area (Å²) in [5.41, 5.74) is 1.27. The number of piperidine rings is 1. The third-order valence-electron chi connectivity index (χ3n) is 8.12. The minimum absolute atomic E-state index is 0.105. The molecule has 1 atom stereocenters. The average molecular weight is 486 g/mol. The first-order valence-electron chi connectivity index (χ1n) is 13.2. The smallest absolute Gasteiger partial charge is 0.278 e. The van der Waals surface area contributed by atoms with Gasteiger partial charge in [0.1, 0.15) is 11.9 Å². The zero-order valence-electron chi connectivity index (χ0n) is 20.0. The van der Waals surface area contributed by atoms with E-state index in [4.69, 9.17) is 0 Å². The number of carbonyl (C=O) groups excluding carboxylic acids is 1. The Bertz CT molecular complexity index is 1090. The van der Waals surface area contributed by atoms with E-state index < -0.39 is 5.92 Å². The molecule has 4 heterocycles. The normalized spacial score (nSPS) is 24.2. The van der Waals surface area contributed by atoms with Crippen LogP contribution in [0, 0.1) is 0 Å². The van der Waals surface area contributed by atoms with Gasteiger partial charge < -0.3 is 15.1 Å². The van der Waals surface area contributed by atoms with E-state index in [0.717, 1.165) is 63.7 Å². The van der Waals surface area contributed by atoms with Crippen LogP contribution in [0.2, 0.25) is 0 Å². The highest BCUT2D eigenvalue weighted by molar-refractivity contribution is 5.85. The monoisotopic (exact) mass is 485 g/mol. The second-order valence-electron chi connectivity index (χ2n) is 10.5. The van der Waals surface area contributed by atoms with Crippen LogP contribution in [0.25, 0.3) is 0 Å². The van der Waals surface area contributed by atoms with Crippen LogP contribution in [-0.2, 0) is 17.1 Å². The van der Waals surface area contributed by atoms with E-state index in [1.807, 2.05) is 15.9 Å². The molecule has 6 rings (SSSR count). The van der Waals surface area contributed by atoms with Gasteiger partial charge in [0, 0.05) is 43.7 Å². The highest BCUT2D eigenvalue weighted by Crippen LogP contribution is 2.46. The lowest BCUT2D eigenvalue weighted by Crippen LogP contribution is -2.48. The van der Waals surface area contributed by atoms with E-state index in [-0.39, 0.29) is 36.2 Å². The molecule has 2 saturated heterocycles. The summed E-state index contributed by atoms with van der Waals surface area (Å²) in [7, 11) is 0. The molecule has 0 unspecified atom stereocenters. The van der Waals surface area contributed by atoms with Crippen LogP contribution in [0.4, 0.5) is 26.4 Å². The summed E-state index contributed by atoms with van der Waals surface area (Å²) in [6.45, 7) is 2.22. The van der Waals surface area contributed by atoms with Gasteiger partial charge >= 0.3 is 0 Å². The first-order chi connectivity index (χ1) is 17.0. The Labute approximate surface area is 203 Å². The number of amides is 1. The third kappa shape index (κ3) is 4.25. The maximum Gasteiger partial charge on any atom is 0.278 e. The Morgan fingerprint density at radius 1 is 1.03 bits per heavy atom. The number of hydrogen-bond acceptors (Lipinski definition) is 6. The standard InChI is InChI=1S/C25H33F2N7O/c26-25(27)11-10-17-21(25)22(29-20-15-18(31-32-20)16-7-2-3-8-16)30-24(28-17)34-14-6-9-19(34)23(35)33-12-4-1-5-13-33/h15-16,19H,1-14H2,(H2,28,29,30,31,32)/t19-/m0/s1. The van der Waals surface area contributed by atoms with Gasteiger partial charge in [-0.25, -0.2) is 13.8 Å². The second kappa shape index (κ2) is 9.02. The van der Waals surface area contributed by atoms with Crippen LogP contribution in [0.3, 0.4) is 0 Å². The van der Waals surface area contributed by atoms with E-state index >= 15 is 0 Å². The summed E-state index contributed by atoms with van der Waals surface area (Å²) in [6.07, 6.45) is 9.37. The van der Waals surface area contributed by atoms with E-state index in [1.165, 1.54) is 12.8 Å². The fourth-order valence-corrected chi connectivity index (χ4v) is 6.23. The summed E-state index contributed by atoms with van der Waals surface area (Å²) in [5.74, 6) is -1.48. The Hall–Kier alpha value is -2.78. The predicted octanol–water partition coefficient (Wildman–Crippen LogP) is 4.62. The topological polar surface area (TPSA) is 90.0 Å². The van der Waals surface area contributed by atoms with Gasteiger partial charge in [0.2, 0.25) is 11.9 Å². The maximum atomic E-state index is 14.9. The lowest BCUT2D eigenvalue weighted by atomic mass is 10.0. The number of nitrogens with zero attached hydrogens (tertiary/aromatic N) is 5. The fourth-order valence-electron chi connectivity index (χ4n) is 6.23. The number of anilines is 3. The lowest BCUT2D eigenvalue weighted by Gasteiger charge is -2.33. The van der Waals surface area contributed by atoms with Gasteiger partial charge in [0.25, 0.3) is 5.92 Å². The van der Waals surface area contributed by atoms with Gasteiger partial charge in [-0.2, -0.15) is 10.1 Å². The molecule has 10 heteroatoms. The van der Waals surface area contributed by atoms with Gasteiger partial charge in [0.05, 0.1) is 11.3 Å². The number of fused-ring (bicyclic) bond motifs is 1. The summed E-state index contributed by atoms with van der Waals surface area (Å²) >= 11 is 0. The third-order valence-corrected chi connectivity index (χ3v) is 8.12. The van der Waals surface area contributed by atoms with Crippen molar-refractivity contribution < 1.29 is 13.6 Å². The Balaban J connectivity index is 1.30. The highest BCUT2D eigenvalue weighted by Gasteiger charge is 2.45. The van der Waals surface area contributed by atoms with Gasteiger partial charge in [0.15, 0.2) is 5.82 Å². The van der Waals surface area contributed by atoms with Crippen molar-refractivity contribution in [2.75, 3.05) is 29.9 Å². The van der Waals surface area contributed by atoms with Gasteiger partial charge in [-0.05, 0) is 51.4 Å². The SMILES string of the molecule is O=C([C@@H]1CCCN1c1nc2c(c(Nc3cc(C4CCCC4)[nH]n3)n1)C(F)(F)CC2)N1CCCCC1. The summed E-state index contributed by atoms with van der Waals surface area (Å²) in [6, 6.07) is 1.58. The molecule has 0 spiro atoms. The van der Waals surface area contributed by atoms with Crippen molar-refractivity contribution in [3.05, 3.63) is 23.0 Å². The number of rotatable bonds is 5. The molecule has 0 radical (unpaired) electrons. The molecule has 2 aromatic rings. The van der Waals surface area contributed by atoms with E-state index in [2.05, 4.69) is 25.5 Å². The molecule has 2 aromatic heterocycles. The molecule has 2 aliphatic heterocycles. The fraction of sp³-hybridized carbons (Fsp3) is 0.680. The molecule has 1 amide bonds. The quantitative estimate of drug-likeness (QED) is 0.642. The number of hydrogen-bond donors (Lipinski definition) is 2. The summed E-state index contributed by atoms with van der Waals surface area (Å²) in [5, 5.41) is 10.5. The van der Waals surface area contributed by atoms with Crippen LogP contribution in [0.1, 0.15) is 87.1 Å². The van der Waals surface area contributed by atoms with Crippen LogP contribution in [-0.4, -0.2) is 56.6 Å². The molecule has 188 valence electrons.